The third-order valence-electron chi connectivity index (χ3n) is 3.73. The molecule has 6 nitrogen and oxygen atoms in total. The van der Waals surface area contributed by atoms with Crippen molar-refractivity contribution < 1.29 is 0 Å². The maximum absolute atomic E-state index is 12.1. The van der Waals surface area contributed by atoms with E-state index in [1.54, 1.807) is 6.07 Å². The van der Waals surface area contributed by atoms with Crippen molar-refractivity contribution in [2.75, 3.05) is 0 Å². The van der Waals surface area contributed by atoms with Crippen LogP contribution in [-0.2, 0) is 12.2 Å². The topological polar surface area (TPSA) is 87.3 Å². The summed E-state index contributed by atoms with van der Waals surface area (Å²) in [5, 5.41) is 8.41. The average molecular weight is 349 g/mol. The molecule has 0 bridgehead atoms. The fraction of sp³-hybridized carbons (Fsp3) is 0.111. The minimum Gasteiger partial charge on any atom is -0.309 e. The number of para-hydroxylation sites is 1. The lowest BCUT2D eigenvalue weighted by Gasteiger charge is -2.01. The molecule has 4 aromatic rings. The van der Waals surface area contributed by atoms with Gasteiger partial charge in [-0.2, -0.15) is 0 Å². The van der Waals surface area contributed by atoms with Crippen molar-refractivity contribution in [1.82, 2.24) is 25.1 Å². The van der Waals surface area contributed by atoms with E-state index >= 15 is 0 Å². The summed E-state index contributed by atoms with van der Waals surface area (Å²) in [4.78, 5) is 23.9. The number of benzene rings is 2. The Bertz CT molecular complexity index is 1060. The molecule has 0 spiro atoms. The van der Waals surface area contributed by atoms with Crippen LogP contribution >= 0.6 is 11.8 Å². The number of nitrogens with one attached hydrogen (secondary N) is 2. The van der Waals surface area contributed by atoms with Gasteiger partial charge in [0.05, 0.1) is 16.7 Å². The molecule has 2 aromatic carbocycles. The lowest BCUT2D eigenvalue weighted by atomic mass is 10.1. The summed E-state index contributed by atoms with van der Waals surface area (Å²) in [6.07, 6.45) is 0.708. The molecule has 25 heavy (non-hydrogen) atoms. The van der Waals surface area contributed by atoms with Gasteiger partial charge < -0.3 is 4.98 Å². The lowest BCUT2D eigenvalue weighted by Crippen LogP contribution is -2.11. The first-order chi connectivity index (χ1) is 12.3. The Morgan fingerprint density at radius 3 is 2.60 bits per heavy atom. The maximum atomic E-state index is 12.1. The first kappa shape index (κ1) is 15.6. The van der Waals surface area contributed by atoms with Crippen molar-refractivity contribution >= 4 is 22.7 Å². The Morgan fingerprint density at radius 2 is 1.72 bits per heavy atom. The first-order valence-corrected chi connectivity index (χ1v) is 8.82. The van der Waals surface area contributed by atoms with Crippen LogP contribution in [0.25, 0.3) is 10.9 Å². The highest BCUT2D eigenvalue weighted by molar-refractivity contribution is 7.98. The Hall–Kier alpha value is -2.93. The van der Waals surface area contributed by atoms with Crippen LogP contribution in [0.2, 0.25) is 0 Å². The largest absolute Gasteiger partial charge is 0.309 e. The van der Waals surface area contributed by atoms with Crippen LogP contribution in [-0.4, -0.2) is 25.1 Å². The van der Waals surface area contributed by atoms with Crippen LogP contribution in [0.5, 0.6) is 0 Å². The average Bonchev–Trinajstić information content (AvgIpc) is 3.08. The fourth-order valence-electron chi connectivity index (χ4n) is 2.55. The van der Waals surface area contributed by atoms with E-state index in [2.05, 4.69) is 37.3 Å². The number of hydrogen-bond donors (Lipinski definition) is 2. The molecule has 124 valence electrons. The number of H-pyrrole nitrogens is 2. The predicted molar refractivity (Wildman–Crippen MR) is 97.6 cm³/mol. The van der Waals surface area contributed by atoms with Gasteiger partial charge in [0.25, 0.3) is 5.56 Å². The predicted octanol–water partition coefficient (Wildman–Crippen LogP) is 2.92. The normalized spacial score (nSPS) is 11.0. The summed E-state index contributed by atoms with van der Waals surface area (Å²) in [6.45, 7) is 0. The molecule has 2 heterocycles. The number of thioether (sulfide) groups is 1. The van der Waals surface area contributed by atoms with Crippen LogP contribution < -0.4 is 5.56 Å². The van der Waals surface area contributed by atoms with Crippen molar-refractivity contribution in [1.29, 1.82) is 0 Å². The molecule has 0 saturated carbocycles. The summed E-state index contributed by atoms with van der Waals surface area (Å²) in [5.74, 6) is 1.93. The molecule has 0 saturated heterocycles. The molecule has 7 heteroatoms. The molecule has 0 radical (unpaired) electrons. The quantitative estimate of drug-likeness (QED) is 0.541. The van der Waals surface area contributed by atoms with E-state index in [-0.39, 0.29) is 5.56 Å². The highest BCUT2D eigenvalue weighted by atomic mass is 32.2. The zero-order chi connectivity index (χ0) is 17.1. The van der Waals surface area contributed by atoms with Gasteiger partial charge in [0, 0.05) is 6.42 Å². The van der Waals surface area contributed by atoms with E-state index in [1.807, 2.05) is 36.4 Å². The van der Waals surface area contributed by atoms with Gasteiger partial charge >= 0.3 is 0 Å². The standard InChI is InChI=1S/C18H15N5OS/c24-17-13-8-4-5-9-14(13)19-16(20-17)11-25-18-21-15(22-23-18)10-12-6-2-1-3-7-12/h1-9H,10-11H2,(H,19,20,24)(H,21,22,23). The molecule has 2 N–H and O–H groups in total. The van der Waals surface area contributed by atoms with Crippen LogP contribution in [0, 0.1) is 0 Å². The van der Waals surface area contributed by atoms with Gasteiger partial charge in [-0.25, -0.2) is 9.97 Å². The summed E-state index contributed by atoms with van der Waals surface area (Å²) in [7, 11) is 0. The van der Waals surface area contributed by atoms with Gasteiger partial charge in [0.1, 0.15) is 11.6 Å². The zero-order valence-corrected chi connectivity index (χ0v) is 14.1. The van der Waals surface area contributed by atoms with Gasteiger partial charge in [0.15, 0.2) is 0 Å². The Balaban J connectivity index is 1.46. The molecule has 0 aliphatic heterocycles. The molecular weight excluding hydrogens is 334 g/mol. The number of hydrogen-bond acceptors (Lipinski definition) is 5. The van der Waals surface area contributed by atoms with Crippen molar-refractivity contribution in [3.63, 3.8) is 0 Å². The minimum atomic E-state index is -0.124. The zero-order valence-electron chi connectivity index (χ0n) is 13.3. The van der Waals surface area contributed by atoms with Crippen LogP contribution in [0.4, 0.5) is 0 Å². The number of nitrogens with zero attached hydrogens (tertiary/aromatic N) is 3. The van der Waals surface area contributed by atoms with Crippen molar-refractivity contribution in [3.8, 4) is 0 Å². The third-order valence-corrected chi connectivity index (χ3v) is 4.58. The number of rotatable bonds is 5. The van der Waals surface area contributed by atoms with Gasteiger partial charge in [0.2, 0.25) is 5.16 Å². The molecule has 0 aliphatic carbocycles. The SMILES string of the molecule is O=c1[nH]c(CSc2n[nH]c(Cc3ccccc3)n2)nc2ccccc12. The second-order valence-electron chi connectivity index (χ2n) is 5.55. The van der Waals surface area contributed by atoms with E-state index in [4.69, 9.17) is 0 Å². The Kier molecular flexibility index (Phi) is 4.30. The second-order valence-corrected chi connectivity index (χ2v) is 6.49. The summed E-state index contributed by atoms with van der Waals surface area (Å²) in [5.41, 5.74) is 1.75. The van der Waals surface area contributed by atoms with Gasteiger partial charge in [-0.1, -0.05) is 54.2 Å². The van der Waals surface area contributed by atoms with Crippen molar-refractivity contribution in [2.24, 2.45) is 0 Å². The van der Waals surface area contributed by atoms with E-state index in [9.17, 15) is 4.79 Å². The van der Waals surface area contributed by atoms with Crippen LogP contribution in [0.1, 0.15) is 17.2 Å². The molecule has 0 fully saturated rings. The van der Waals surface area contributed by atoms with E-state index < -0.39 is 0 Å². The first-order valence-electron chi connectivity index (χ1n) is 7.84. The maximum Gasteiger partial charge on any atom is 0.258 e. The number of aromatic amines is 2. The van der Waals surface area contributed by atoms with E-state index in [0.29, 0.717) is 34.1 Å². The molecule has 0 atom stereocenters. The Labute approximate surface area is 147 Å². The fourth-order valence-corrected chi connectivity index (χ4v) is 3.23. The molecule has 0 aliphatic rings. The monoisotopic (exact) mass is 349 g/mol. The van der Waals surface area contributed by atoms with Crippen LogP contribution in [0.15, 0.2) is 64.5 Å². The van der Waals surface area contributed by atoms with Gasteiger partial charge in [-0.15, -0.1) is 5.10 Å². The van der Waals surface area contributed by atoms with Gasteiger partial charge in [-0.3, -0.25) is 9.89 Å². The molecular formula is C18H15N5OS. The number of aromatic nitrogens is 5. The second kappa shape index (κ2) is 6.90. The highest BCUT2D eigenvalue weighted by Crippen LogP contribution is 2.18. The third kappa shape index (κ3) is 3.61. The van der Waals surface area contributed by atoms with Crippen molar-refractivity contribution in [3.05, 3.63) is 82.2 Å². The summed E-state index contributed by atoms with van der Waals surface area (Å²) < 4.78 is 0. The minimum absolute atomic E-state index is 0.124. The summed E-state index contributed by atoms with van der Waals surface area (Å²) in [6, 6.07) is 17.4. The van der Waals surface area contributed by atoms with E-state index in [0.717, 1.165) is 5.82 Å². The number of fused-ring (bicyclic) bond motifs is 1. The lowest BCUT2D eigenvalue weighted by molar-refractivity contribution is 0.953. The summed E-state index contributed by atoms with van der Waals surface area (Å²) >= 11 is 1.44. The molecule has 2 aromatic heterocycles. The molecule has 4 rings (SSSR count). The van der Waals surface area contributed by atoms with Crippen molar-refractivity contribution in [2.45, 2.75) is 17.3 Å². The Morgan fingerprint density at radius 1 is 0.920 bits per heavy atom. The smallest absolute Gasteiger partial charge is 0.258 e. The molecule has 0 unspecified atom stereocenters. The highest BCUT2D eigenvalue weighted by Gasteiger charge is 2.08. The van der Waals surface area contributed by atoms with Crippen LogP contribution in [0.3, 0.4) is 0 Å². The van der Waals surface area contributed by atoms with E-state index in [1.165, 1.54) is 17.3 Å². The molecule has 0 amide bonds. The van der Waals surface area contributed by atoms with Gasteiger partial charge in [-0.05, 0) is 17.7 Å².